The maximum Gasteiger partial charge on any atom is 0.333 e. The molecule has 0 bridgehead atoms. The molecule has 55 heavy (non-hydrogen) atoms. The molecule has 8 aromatic rings. The fraction of sp³-hybridized carbons (Fsp3) is 0.0204. The normalized spacial score (nSPS) is 13.3. The first-order valence-electron chi connectivity index (χ1n) is 18.7. The topological polar surface area (TPSA) is 9.72 Å². The third-order valence-corrected chi connectivity index (χ3v) is 13.5. The molecule has 3 nitrogen and oxygen atoms in total. The Morgan fingerprint density at radius 1 is 0.436 bits per heavy atom. The summed E-state index contributed by atoms with van der Waals surface area (Å²) in [6, 6.07) is 68.9. The molecule has 0 radical (unpaired) electrons. The molecule has 0 aliphatic carbocycles. The van der Waals surface area contributed by atoms with Crippen LogP contribution in [-0.2, 0) is 0 Å². The Kier molecular flexibility index (Phi) is 7.68. The van der Waals surface area contributed by atoms with Crippen molar-refractivity contribution >= 4 is 86.8 Å². The summed E-state index contributed by atoms with van der Waals surface area (Å²) in [5.41, 5.74) is 15.7. The zero-order chi connectivity index (χ0) is 36.5. The van der Waals surface area contributed by atoms with Gasteiger partial charge in [0.05, 0.1) is 0 Å². The molecule has 8 aromatic carbocycles. The molecule has 260 valence electrons. The highest BCUT2D eigenvalue weighted by molar-refractivity contribution is 8.05. The van der Waals surface area contributed by atoms with Gasteiger partial charge in [-0.2, -0.15) is 0 Å². The first-order chi connectivity index (χ1) is 27.2. The summed E-state index contributed by atoms with van der Waals surface area (Å²) in [4.78, 5) is 12.7. The number of para-hydroxylation sites is 5. The highest BCUT2D eigenvalue weighted by Gasteiger charge is 2.46. The molecule has 6 heteroatoms. The predicted molar refractivity (Wildman–Crippen MR) is 234 cm³/mol. The minimum atomic E-state index is -0.0581. The minimum Gasteiger partial charge on any atom is -0.376 e. The number of hydrogen-bond donors (Lipinski definition) is 0. The Morgan fingerprint density at radius 2 is 1.00 bits per heavy atom. The van der Waals surface area contributed by atoms with Gasteiger partial charge in [-0.3, -0.25) is 0 Å². The molecule has 0 aromatic heterocycles. The van der Waals surface area contributed by atoms with Crippen molar-refractivity contribution in [1.29, 1.82) is 0 Å². The van der Waals surface area contributed by atoms with Crippen LogP contribution >= 0.6 is 23.5 Å². The molecule has 3 heterocycles. The first kappa shape index (κ1) is 32.4. The summed E-state index contributed by atoms with van der Waals surface area (Å²) in [6.07, 6.45) is 0. The molecule has 0 fully saturated rings. The van der Waals surface area contributed by atoms with Crippen LogP contribution in [0.2, 0.25) is 0 Å². The second-order valence-electron chi connectivity index (χ2n) is 14.2. The number of fused-ring (bicyclic) bond motifs is 6. The molecule has 3 aliphatic heterocycles. The first-order valence-corrected chi connectivity index (χ1v) is 20.3. The molecule has 0 amide bonds. The van der Waals surface area contributed by atoms with Gasteiger partial charge in [-0.1, -0.05) is 127 Å². The van der Waals surface area contributed by atoms with Crippen LogP contribution in [0, 0.1) is 6.92 Å². The van der Waals surface area contributed by atoms with Crippen molar-refractivity contribution in [3.63, 3.8) is 0 Å². The maximum absolute atomic E-state index is 2.63. The van der Waals surface area contributed by atoms with Crippen LogP contribution in [0.4, 0.5) is 45.5 Å². The molecule has 0 atom stereocenters. The van der Waals surface area contributed by atoms with Gasteiger partial charge in [0.15, 0.2) is 0 Å². The van der Waals surface area contributed by atoms with E-state index in [1.165, 1.54) is 69.9 Å². The Hall–Kier alpha value is -6.08. The second kappa shape index (κ2) is 13.0. The summed E-state index contributed by atoms with van der Waals surface area (Å²) in [6.45, 7) is 2.19. The van der Waals surface area contributed by atoms with Crippen LogP contribution in [0.3, 0.4) is 0 Å². The van der Waals surface area contributed by atoms with Crippen molar-refractivity contribution in [2.24, 2.45) is 0 Å². The lowest BCUT2D eigenvalue weighted by Gasteiger charge is -2.47. The summed E-state index contributed by atoms with van der Waals surface area (Å²) < 4.78 is 0. The highest BCUT2D eigenvalue weighted by atomic mass is 32.2. The van der Waals surface area contributed by atoms with E-state index in [0.29, 0.717) is 0 Å². The number of benzene rings is 8. The molecule has 0 saturated heterocycles. The lowest BCUT2D eigenvalue weighted by Crippen LogP contribution is -2.61. The smallest absolute Gasteiger partial charge is 0.333 e. The van der Waals surface area contributed by atoms with E-state index < -0.39 is 0 Å². The molecule has 0 N–H and O–H groups in total. The molecule has 11 rings (SSSR count). The van der Waals surface area contributed by atoms with Gasteiger partial charge in [0, 0.05) is 70.6 Å². The predicted octanol–water partition coefficient (Wildman–Crippen LogP) is 12.8. The van der Waals surface area contributed by atoms with Crippen molar-refractivity contribution in [2.45, 2.75) is 26.5 Å². The standard InChI is InChI=1S/C49H34BN3S2/c1-33-17-11-13-25-41(33)53-43-32-48-47(54-45-27-15-16-28-46(45)55-48)31-38(43)39-29-37(51(34-18-5-2-6-19-34)35-20-7-3-8-21-35)30-44-49(39)50(53)40-24-12-14-26-42(40)52(44)36-22-9-4-10-23-36/h2-32H,1H3. The van der Waals surface area contributed by atoms with E-state index in [4.69, 9.17) is 0 Å². The minimum absolute atomic E-state index is 0.0581. The highest BCUT2D eigenvalue weighted by Crippen LogP contribution is 2.55. The Bertz CT molecular complexity index is 2720. The zero-order valence-corrected chi connectivity index (χ0v) is 31.8. The van der Waals surface area contributed by atoms with Crippen molar-refractivity contribution in [2.75, 3.05) is 14.6 Å². The van der Waals surface area contributed by atoms with Crippen LogP contribution in [0.1, 0.15) is 5.56 Å². The Balaban J connectivity index is 1.26. The average Bonchev–Trinajstić information content (AvgIpc) is 3.24. The lowest BCUT2D eigenvalue weighted by molar-refractivity contribution is 1.15. The van der Waals surface area contributed by atoms with Crippen LogP contribution in [0.25, 0.3) is 11.1 Å². The largest absolute Gasteiger partial charge is 0.376 e. The Morgan fingerprint density at radius 3 is 1.67 bits per heavy atom. The van der Waals surface area contributed by atoms with E-state index in [1.54, 1.807) is 0 Å². The quantitative estimate of drug-likeness (QED) is 0.162. The van der Waals surface area contributed by atoms with Gasteiger partial charge < -0.3 is 14.6 Å². The number of anilines is 8. The van der Waals surface area contributed by atoms with Crippen LogP contribution < -0.4 is 25.5 Å². The molecule has 0 saturated carbocycles. The van der Waals surface area contributed by atoms with E-state index in [0.717, 1.165) is 22.7 Å². The van der Waals surface area contributed by atoms with E-state index in [2.05, 4.69) is 210 Å². The van der Waals surface area contributed by atoms with E-state index in [1.807, 2.05) is 23.5 Å². The van der Waals surface area contributed by atoms with Gasteiger partial charge in [0.2, 0.25) is 0 Å². The molecule has 0 unspecified atom stereocenters. The summed E-state index contributed by atoms with van der Waals surface area (Å²) >= 11 is 3.77. The van der Waals surface area contributed by atoms with Crippen LogP contribution in [0.15, 0.2) is 208 Å². The van der Waals surface area contributed by atoms with E-state index in [9.17, 15) is 0 Å². The van der Waals surface area contributed by atoms with Gasteiger partial charge in [-0.25, -0.2) is 0 Å². The molecule has 3 aliphatic rings. The van der Waals surface area contributed by atoms with Gasteiger partial charge >= 0.3 is 6.85 Å². The lowest BCUT2D eigenvalue weighted by atomic mass is 9.43. The van der Waals surface area contributed by atoms with Gasteiger partial charge in [-0.05, 0) is 114 Å². The monoisotopic (exact) mass is 739 g/mol. The summed E-state index contributed by atoms with van der Waals surface area (Å²) in [5, 5.41) is 0. The van der Waals surface area contributed by atoms with Crippen molar-refractivity contribution in [3.8, 4) is 11.1 Å². The number of nitrogens with zero attached hydrogens (tertiary/aromatic N) is 3. The van der Waals surface area contributed by atoms with Gasteiger partial charge in [0.1, 0.15) is 0 Å². The molecular weight excluding hydrogens is 706 g/mol. The maximum atomic E-state index is 2.63. The van der Waals surface area contributed by atoms with Crippen LogP contribution in [-0.4, -0.2) is 6.85 Å². The zero-order valence-electron chi connectivity index (χ0n) is 30.1. The fourth-order valence-electron chi connectivity index (χ4n) is 8.60. The molecule has 0 spiro atoms. The van der Waals surface area contributed by atoms with Gasteiger partial charge in [-0.15, -0.1) is 0 Å². The fourth-order valence-corrected chi connectivity index (χ4v) is 10.9. The Labute approximate surface area is 331 Å². The SMILES string of the molecule is Cc1ccccc1N1B2c3ccccc3N(c3ccccc3)c3cc(N(c4ccccc4)c4ccccc4)cc(c32)-c2cc3c(cc21)Sc1ccccc1S3. The average molecular weight is 740 g/mol. The summed E-state index contributed by atoms with van der Waals surface area (Å²) in [7, 11) is 0. The summed E-state index contributed by atoms with van der Waals surface area (Å²) in [5.74, 6) is 0. The number of rotatable bonds is 5. The van der Waals surface area contributed by atoms with Crippen LogP contribution in [0.5, 0.6) is 0 Å². The number of hydrogen-bond acceptors (Lipinski definition) is 5. The van der Waals surface area contributed by atoms with E-state index >= 15 is 0 Å². The molecular formula is C49H34BN3S2. The van der Waals surface area contributed by atoms with Gasteiger partial charge in [0.25, 0.3) is 0 Å². The van der Waals surface area contributed by atoms with Crippen molar-refractivity contribution in [3.05, 3.63) is 194 Å². The van der Waals surface area contributed by atoms with Crippen molar-refractivity contribution in [1.82, 2.24) is 0 Å². The van der Waals surface area contributed by atoms with Crippen molar-refractivity contribution < 1.29 is 0 Å². The second-order valence-corrected chi connectivity index (χ2v) is 16.4. The third kappa shape index (κ3) is 5.24. The van der Waals surface area contributed by atoms with E-state index in [-0.39, 0.29) is 6.85 Å². The number of aryl methyl sites for hydroxylation is 1. The third-order valence-electron chi connectivity index (χ3n) is 11.0.